The van der Waals surface area contributed by atoms with Gasteiger partial charge in [0, 0.05) is 6.54 Å². The maximum absolute atomic E-state index is 12.2. The van der Waals surface area contributed by atoms with E-state index in [1.807, 2.05) is 6.92 Å². The lowest BCUT2D eigenvalue weighted by Crippen LogP contribution is -2.14. The van der Waals surface area contributed by atoms with Crippen LogP contribution in [0, 0.1) is 6.92 Å². The molecule has 0 aliphatic carbocycles. The Morgan fingerprint density at radius 3 is 2.68 bits per heavy atom. The number of nitrogens with zero attached hydrogens (tertiary/aromatic N) is 4. The predicted molar refractivity (Wildman–Crippen MR) is 103 cm³/mol. The van der Waals surface area contributed by atoms with E-state index in [-0.39, 0.29) is 23.7 Å². The first kappa shape index (κ1) is 19.7. The number of fused-ring (bicyclic) bond motifs is 1. The average molecular weight is 403 g/mol. The second-order valence-electron chi connectivity index (χ2n) is 6.33. The molecular formula is C18H21N5O4S. The molecule has 0 unspecified atom stereocenters. The Labute approximate surface area is 162 Å². The third kappa shape index (κ3) is 4.63. The van der Waals surface area contributed by atoms with Crippen LogP contribution in [0.4, 0.5) is 5.82 Å². The van der Waals surface area contributed by atoms with E-state index in [1.165, 1.54) is 6.33 Å². The maximum atomic E-state index is 12.2. The van der Waals surface area contributed by atoms with Crippen molar-refractivity contribution < 1.29 is 17.9 Å². The number of hydrogen-bond acceptors (Lipinski definition) is 8. The van der Waals surface area contributed by atoms with Gasteiger partial charge in [-0.15, -0.1) is 0 Å². The molecule has 0 fully saturated rings. The van der Waals surface area contributed by atoms with E-state index in [1.54, 1.807) is 35.2 Å². The van der Waals surface area contributed by atoms with Gasteiger partial charge in [-0.3, -0.25) is 4.79 Å². The molecule has 0 atom stereocenters. The number of sulfone groups is 1. The number of esters is 1. The van der Waals surface area contributed by atoms with Crippen molar-refractivity contribution in [3.63, 3.8) is 0 Å². The quantitative estimate of drug-likeness (QED) is 0.442. The summed E-state index contributed by atoms with van der Waals surface area (Å²) in [7, 11) is -3.51. The van der Waals surface area contributed by atoms with Crippen LogP contribution in [-0.4, -0.2) is 46.3 Å². The maximum Gasteiger partial charge on any atom is 0.306 e. The SMILES string of the molecule is Cc1ccc(S(=O)(=O)CCC(=O)OCCCn2cnc3c(N)ncnc32)cc1. The summed E-state index contributed by atoms with van der Waals surface area (Å²) in [5, 5.41) is 0. The summed E-state index contributed by atoms with van der Waals surface area (Å²) in [4.78, 5) is 24.2. The standard InChI is InChI=1S/C18H21N5O4S/c1-13-3-5-14(6-4-13)28(25,26)10-7-15(24)27-9-2-8-23-12-22-16-17(19)20-11-21-18(16)23/h3-6,11-12H,2,7-10H2,1H3,(H2,19,20,21). The van der Waals surface area contributed by atoms with Gasteiger partial charge in [-0.1, -0.05) is 17.7 Å². The molecule has 2 N–H and O–H groups in total. The van der Waals surface area contributed by atoms with Crippen molar-refractivity contribution in [1.29, 1.82) is 0 Å². The van der Waals surface area contributed by atoms with Crippen molar-refractivity contribution in [2.75, 3.05) is 18.1 Å². The average Bonchev–Trinajstić information content (AvgIpc) is 3.08. The molecule has 1 aromatic carbocycles. The first-order valence-electron chi connectivity index (χ1n) is 8.73. The van der Waals surface area contributed by atoms with Gasteiger partial charge < -0.3 is 15.0 Å². The smallest absolute Gasteiger partial charge is 0.306 e. The molecule has 0 bridgehead atoms. The molecule has 148 valence electrons. The van der Waals surface area contributed by atoms with Crippen molar-refractivity contribution in [3.8, 4) is 0 Å². The third-order valence-corrected chi connectivity index (χ3v) is 5.92. The third-order valence-electron chi connectivity index (χ3n) is 4.19. The molecule has 0 spiro atoms. The summed E-state index contributed by atoms with van der Waals surface area (Å²) in [6, 6.07) is 6.54. The highest BCUT2D eigenvalue weighted by Gasteiger charge is 2.17. The largest absolute Gasteiger partial charge is 0.466 e. The van der Waals surface area contributed by atoms with Gasteiger partial charge in [-0.25, -0.2) is 23.4 Å². The molecule has 9 nitrogen and oxygen atoms in total. The van der Waals surface area contributed by atoms with E-state index in [4.69, 9.17) is 10.5 Å². The molecule has 10 heteroatoms. The van der Waals surface area contributed by atoms with Crippen molar-refractivity contribution in [2.45, 2.75) is 31.2 Å². The lowest BCUT2D eigenvalue weighted by Gasteiger charge is -2.07. The Hall–Kier alpha value is -3.01. The minimum atomic E-state index is -3.51. The van der Waals surface area contributed by atoms with E-state index >= 15 is 0 Å². The van der Waals surface area contributed by atoms with Gasteiger partial charge in [0.25, 0.3) is 0 Å². The molecule has 0 aliphatic heterocycles. The molecule has 2 aromatic heterocycles. The van der Waals surface area contributed by atoms with Crippen molar-refractivity contribution >= 4 is 32.8 Å². The fourth-order valence-electron chi connectivity index (χ4n) is 2.64. The highest BCUT2D eigenvalue weighted by Crippen LogP contribution is 2.15. The number of carbonyl (C=O) groups is 1. The van der Waals surface area contributed by atoms with Crippen LogP contribution < -0.4 is 5.73 Å². The first-order valence-corrected chi connectivity index (χ1v) is 10.4. The molecule has 0 saturated heterocycles. The summed E-state index contributed by atoms with van der Waals surface area (Å²) in [6.07, 6.45) is 3.32. The minimum Gasteiger partial charge on any atom is -0.466 e. The number of rotatable bonds is 8. The molecular weight excluding hydrogens is 382 g/mol. The second-order valence-corrected chi connectivity index (χ2v) is 8.43. The van der Waals surface area contributed by atoms with Crippen LogP contribution in [0.15, 0.2) is 41.8 Å². The van der Waals surface area contributed by atoms with E-state index in [9.17, 15) is 13.2 Å². The van der Waals surface area contributed by atoms with Crippen molar-refractivity contribution in [1.82, 2.24) is 19.5 Å². The van der Waals surface area contributed by atoms with Crippen LogP contribution >= 0.6 is 0 Å². The fraction of sp³-hybridized carbons (Fsp3) is 0.333. The lowest BCUT2D eigenvalue weighted by atomic mass is 10.2. The molecule has 0 amide bonds. The van der Waals surface area contributed by atoms with Gasteiger partial charge in [-0.2, -0.15) is 0 Å². The van der Waals surface area contributed by atoms with E-state index in [2.05, 4.69) is 15.0 Å². The Morgan fingerprint density at radius 2 is 1.93 bits per heavy atom. The van der Waals surface area contributed by atoms with Crippen LogP contribution in [0.25, 0.3) is 11.2 Å². The van der Waals surface area contributed by atoms with Gasteiger partial charge in [-0.05, 0) is 25.5 Å². The normalized spacial score (nSPS) is 11.6. The molecule has 28 heavy (non-hydrogen) atoms. The number of aryl methyl sites for hydroxylation is 2. The number of imidazole rings is 1. The molecule has 0 saturated carbocycles. The number of nitrogens with two attached hydrogens (primary N) is 1. The molecule has 3 rings (SSSR count). The lowest BCUT2D eigenvalue weighted by molar-refractivity contribution is -0.143. The highest BCUT2D eigenvalue weighted by molar-refractivity contribution is 7.91. The van der Waals surface area contributed by atoms with Gasteiger partial charge in [0.05, 0.1) is 30.0 Å². The first-order chi connectivity index (χ1) is 13.4. The van der Waals surface area contributed by atoms with Crippen LogP contribution in [0.1, 0.15) is 18.4 Å². The van der Waals surface area contributed by atoms with Crippen LogP contribution in [0.2, 0.25) is 0 Å². The number of ether oxygens (including phenoxy) is 1. The van der Waals surface area contributed by atoms with Crippen LogP contribution in [0.3, 0.4) is 0 Å². The monoisotopic (exact) mass is 403 g/mol. The van der Waals surface area contributed by atoms with Gasteiger partial charge in [0.15, 0.2) is 21.3 Å². The molecule has 0 aliphatic rings. The zero-order chi connectivity index (χ0) is 20.1. The topological polar surface area (TPSA) is 130 Å². The van der Waals surface area contributed by atoms with Crippen molar-refractivity contribution in [3.05, 3.63) is 42.5 Å². The zero-order valence-corrected chi connectivity index (χ0v) is 16.2. The molecule has 2 heterocycles. The number of nitrogen functional groups attached to an aromatic ring is 1. The Morgan fingerprint density at radius 1 is 1.18 bits per heavy atom. The summed E-state index contributed by atoms with van der Waals surface area (Å²) in [5.41, 5.74) is 7.85. The second kappa shape index (κ2) is 8.34. The summed E-state index contributed by atoms with van der Waals surface area (Å²) in [6.45, 7) is 2.58. The Balaban J connectivity index is 1.44. The predicted octanol–water partition coefficient (Wildman–Crippen LogP) is 1.51. The number of aromatic nitrogens is 4. The van der Waals surface area contributed by atoms with Gasteiger partial charge in [0.1, 0.15) is 11.8 Å². The fourth-order valence-corrected chi connectivity index (χ4v) is 3.86. The van der Waals surface area contributed by atoms with E-state index < -0.39 is 15.8 Å². The zero-order valence-electron chi connectivity index (χ0n) is 15.4. The van der Waals surface area contributed by atoms with Crippen LogP contribution in [0.5, 0.6) is 0 Å². The number of benzene rings is 1. The van der Waals surface area contributed by atoms with E-state index in [0.29, 0.717) is 29.9 Å². The Kier molecular flexibility index (Phi) is 5.88. The van der Waals surface area contributed by atoms with Crippen molar-refractivity contribution in [2.24, 2.45) is 0 Å². The van der Waals surface area contributed by atoms with E-state index in [0.717, 1.165) is 5.56 Å². The summed E-state index contributed by atoms with van der Waals surface area (Å²) >= 11 is 0. The molecule has 0 radical (unpaired) electrons. The minimum absolute atomic E-state index is 0.170. The summed E-state index contributed by atoms with van der Waals surface area (Å²) < 4.78 is 31.4. The number of anilines is 1. The van der Waals surface area contributed by atoms with Gasteiger partial charge >= 0.3 is 5.97 Å². The van der Waals surface area contributed by atoms with Crippen LogP contribution in [-0.2, 0) is 25.9 Å². The molecule has 3 aromatic rings. The summed E-state index contributed by atoms with van der Waals surface area (Å²) in [5.74, 6) is -0.514. The number of carbonyl (C=O) groups excluding carboxylic acids is 1. The highest BCUT2D eigenvalue weighted by atomic mass is 32.2. The van der Waals surface area contributed by atoms with Gasteiger partial charge in [0.2, 0.25) is 0 Å². The number of hydrogen-bond donors (Lipinski definition) is 1. The Bertz CT molecular complexity index is 1080.